The summed E-state index contributed by atoms with van der Waals surface area (Å²) in [5.41, 5.74) is 3.61. The van der Waals surface area contributed by atoms with Crippen molar-refractivity contribution in [2.75, 3.05) is 74.6 Å². The molecule has 5 aliphatic heterocycles. The van der Waals surface area contributed by atoms with E-state index in [1.165, 1.54) is 49.6 Å². The topological polar surface area (TPSA) is 174 Å². The van der Waals surface area contributed by atoms with Gasteiger partial charge in [-0.05, 0) is 125 Å². The van der Waals surface area contributed by atoms with E-state index in [0.717, 1.165) is 69.9 Å². The number of carbonyl (C=O) groups excluding carboxylic acids is 4. The highest BCUT2D eigenvalue weighted by atomic mass is 35.5. The molecule has 16 nitrogen and oxygen atoms in total. The smallest absolute Gasteiger partial charge is 0.293 e. The maximum absolute atomic E-state index is 16.3. The highest BCUT2D eigenvalue weighted by molar-refractivity contribution is 6.33. The third-order valence-electron chi connectivity index (χ3n) is 15.0. The number of halogens is 2. The monoisotopic (exact) mass is 922 g/mol. The van der Waals surface area contributed by atoms with Gasteiger partial charge in [0.1, 0.15) is 11.1 Å². The SMILES string of the molecule is CNC(=O)COc1cc2c(F)c(Nc3nc(N4CCC(CN5CCC6(CC5)CC5(CN(c7ccc8c(c7)CN(C7CCC(=O)NC7=O)C8=O)C5)C6)CC4)ncc3Cl)ccc2n(C(C)C)c1=O. The van der Waals surface area contributed by atoms with Crippen LogP contribution < -0.4 is 36.0 Å². The summed E-state index contributed by atoms with van der Waals surface area (Å²) in [6, 6.07) is 9.73. The molecule has 348 valence electrons. The molecule has 1 aliphatic carbocycles. The highest BCUT2D eigenvalue weighted by Gasteiger charge is 2.60. The fraction of sp³-hybridized carbons (Fsp3) is 0.521. The molecule has 1 saturated carbocycles. The summed E-state index contributed by atoms with van der Waals surface area (Å²) >= 11 is 6.56. The summed E-state index contributed by atoms with van der Waals surface area (Å²) in [6.07, 6.45) is 9.20. The summed E-state index contributed by atoms with van der Waals surface area (Å²) in [7, 11) is 1.47. The molecule has 66 heavy (non-hydrogen) atoms. The highest BCUT2D eigenvalue weighted by Crippen LogP contribution is 2.63. The van der Waals surface area contributed by atoms with Crippen LogP contribution in [0.5, 0.6) is 5.75 Å². The van der Waals surface area contributed by atoms with E-state index in [2.05, 4.69) is 41.7 Å². The predicted molar refractivity (Wildman–Crippen MR) is 248 cm³/mol. The molecule has 2 spiro atoms. The van der Waals surface area contributed by atoms with Gasteiger partial charge >= 0.3 is 0 Å². The molecule has 6 aliphatic rings. The fourth-order valence-electron chi connectivity index (χ4n) is 11.7. The molecule has 1 unspecified atom stereocenters. The Kier molecular flexibility index (Phi) is 11.4. The van der Waals surface area contributed by atoms with E-state index in [4.69, 9.17) is 21.3 Å². The zero-order valence-electron chi connectivity index (χ0n) is 37.6. The molecular formula is C48H56ClFN10O6. The maximum atomic E-state index is 16.3. The molecule has 3 N–H and O–H groups in total. The quantitative estimate of drug-likeness (QED) is 0.164. The second-order valence-corrected chi connectivity index (χ2v) is 20.2. The van der Waals surface area contributed by atoms with Gasteiger partial charge in [0.15, 0.2) is 24.0 Å². The van der Waals surface area contributed by atoms with Crippen molar-refractivity contribution in [3.05, 3.63) is 74.9 Å². The van der Waals surface area contributed by atoms with Crippen molar-refractivity contribution in [2.24, 2.45) is 16.7 Å². The Balaban J connectivity index is 0.697. The number of fused-ring (bicyclic) bond motifs is 2. The summed E-state index contributed by atoms with van der Waals surface area (Å²) < 4.78 is 23.2. The number of likely N-dealkylation sites (N-methyl/N-ethyl adjacent to an activating group) is 1. The zero-order valence-corrected chi connectivity index (χ0v) is 38.4. The molecule has 10 rings (SSSR count). The van der Waals surface area contributed by atoms with E-state index < -0.39 is 23.3 Å². The van der Waals surface area contributed by atoms with Gasteiger partial charge in [-0.2, -0.15) is 4.98 Å². The summed E-state index contributed by atoms with van der Waals surface area (Å²) in [5, 5.41) is 8.29. The van der Waals surface area contributed by atoms with Crippen molar-refractivity contribution in [1.82, 2.24) is 35.0 Å². The minimum Gasteiger partial charge on any atom is -0.478 e. The molecule has 1 atom stereocenters. The number of hydrogen-bond acceptors (Lipinski definition) is 12. The van der Waals surface area contributed by atoms with Crippen LogP contribution in [0.25, 0.3) is 10.9 Å². The van der Waals surface area contributed by atoms with Crippen molar-refractivity contribution < 1.29 is 28.3 Å². The lowest BCUT2D eigenvalue weighted by Crippen LogP contribution is -2.67. The molecule has 0 radical (unpaired) electrons. The number of imide groups is 1. The average Bonchev–Trinajstić information content (AvgIpc) is 3.60. The van der Waals surface area contributed by atoms with Crippen LogP contribution in [0, 0.1) is 22.6 Å². The zero-order chi connectivity index (χ0) is 46.1. The molecule has 18 heteroatoms. The van der Waals surface area contributed by atoms with Crippen LogP contribution in [0.3, 0.4) is 0 Å². The second kappa shape index (κ2) is 17.1. The molecule has 4 amide bonds. The van der Waals surface area contributed by atoms with E-state index >= 15 is 4.39 Å². The third kappa shape index (κ3) is 8.11. The van der Waals surface area contributed by atoms with Crippen molar-refractivity contribution in [1.29, 1.82) is 0 Å². The number of aromatic nitrogens is 3. The number of pyridine rings is 1. The number of benzene rings is 2. The van der Waals surface area contributed by atoms with E-state index in [9.17, 15) is 24.0 Å². The number of amides is 4. The second-order valence-electron chi connectivity index (χ2n) is 19.8. The Morgan fingerprint density at radius 1 is 0.985 bits per heavy atom. The van der Waals surface area contributed by atoms with Gasteiger partial charge in [-0.3, -0.25) is 29.3 Å². The Hall–Kier alpha value is -5.81. The summed E-state index contributed by atoms with van der Waals surface area (Å²) in [4.78, 5) is 80.6. The Labute approximate surface area is 387 Å². The van der Waals surface area contributed by atoms with Crippen molar-refractivity contribution >= 4 is 69.3 Å². The van der Waals surface area contributed by atoms with Gasteiger partial charge in [0, 0.05) is 80.8 Å². The van der Waals surface area contributed by atoms with Crippen LogP contribution in [0.4, 0.5) is 27.5 Å². The number of nitrogens with one attached hydrogen (secondary N) is 3. The first-order valence-electron chi connectivity index (χ1n) is 23.2. The molecule has 2 aromatic heterocycles. The van der Waals surface area contributed by atoms with Crippen LogP contribution in [-0.2, 0) is 20.9 Å². The summed E-state index contributed by atoms with van der Waals surface area (Å²) in [5.74, 6) is -0.586. The molecule has 7 heterocycles. The molecular weight excluding hydrogens is 867 g/mol. The first kappa shape index (κ1) is 44.0. The lowest BCUT2D eigenvalue weighted by atomic mass is 9.47. The predicted octanol–water partition coefficient (Wildman–Crippen LogP) is 5.39. The Morgan fingerprint density at radius 2 is 1.74 bits per heavy atom. The lowest BCUT2D eigenvalue weighted by Gasteiger charge is -2.66. The number of likely N-dealkylation sites (tertiary alicyclic amines) is 1. The van der Waals surface area contributed by atoms with Gasteiger partial charge in [0.05, 0.1) is 17.4 Å². The Bertz CT molecular complexity index is 2680. The van der Waals surface area contributed by atoms with E-state index in [0.29, 0.717) is 46.7 Å². The van der Waals surface area contributed by atoms with Gasteiger partial charge in [-0.1, -0.05) is 11.6 Å². The van der Waals surface area contributed by atoms with Gasteiger partial charge in [0.2, 0.25) is 17.8 Å². The normalized spacial score (nSPS) is 21.6. The number of carbonyl (C=O) groups is 4. The van der Waals surface area contributed by atoms with E-state index in [-0.39, 0.29) is 64.5 Å². The molecule has 4 saturated heterocycles. The number of piperidine rings is 3. The molecule has 2 aromatic carbocycles. The fourth-order valence-corrected chi connectivity index (χ4v) is 11.9. The van der Waals surface area contributed by atoms with Crippen molar-refractivity contribution in [3.63, 3.8) is 0 Å². The molecule has 0 bridgehead atoms. The van der Waals surface area contributed by atoms with E-state index in [1.54, 1.807) is 17.0 Å². The first-order valence-corrected chi connectivity index (χ1v) is 23.6. The van der Waals surface area contributed by atoms with Gasteiger partial charge in [-0.15, -0.1) is 0 Å². The number of nitrogens with zero attached hydrogens (tertiary/aromatic N) is 7. The molecule has 4 aromatic rings. The number of rotatable bonds is 11. The van der Waals surface area contributed by atoms with Crippen LogP contribution >= 0.6 is 11.6 Å². The van der Waals surface area contributed by atoms with Gasteiger partial charge in [-0.25, -0.2) is 9.37 Å². The van der Waals surface area contributed by atoms with Crippen LogP contribution in [0.2, 0.25) is 5.02 Å². The van der Waals surface area contributed by atoms with Gasteiger partial charge < -0.3 is 39.5 Å². The maximum Gasteiger partial charge on any atom is 0.293 e. The largest absolute Gasteiger partial charge is 0.478 e. The lowest BCUT2D eigenvalue weighted by molar-refractivity contribution is -0.137. The average molecular weight is 923 g/mol. The number of anilines is 4. The van der Waals surface area contributed by atoms with Gasteiger partial charge in [0.25, 0.3) is 17.4 Å². The van der Waals surface area contributed by atoms with Crippen LogP contribution in [0.15, 0.2) is 47.4 Å². The minimum atomic E-state index is -0.617. The first-order chi connectivity index (χ1) is 31.7. The standard InChI is InChI=1S/C48H56ClFN10O6/c1-28(2)60-36-7-6-35(41(50)33(36)19-38(45(60)65)66-23-40(62)51-3)53-42-34(49)20-52-46(55-42)57-14-10-29(11-15-57)21-56-16-12-47(13-17-56)24-48(25-47)26-58(27-48)31-4-5-32-30(18-31)22-59(44(32)64)37-8-9-39(61)54-43(37)63/h4-7,18-20,28-29,37H,8-17,21-27H2,1-3H3,(H,51,62)(H,52,53,55)(H,54,61,63). The van der Waals surface area contributed by atoms with Crippen molar-refractivity contribution in [2.45, 2.75) is 83.8 Å². The summed E-state index contributed by atoms with van der Waals surface area (Å²) in [6.45, 7) is 10.7. The molecule has 5 fully saturated rings. The van der Waals surface area contributed by atoms with Crippen LogP contribution in [-0.4, -0.2) is 113 Å². The minimum absolute atomic E-state index is 0.117. The van der Waals surface area contributed by atoms with E-state index in [1.807, 2.05) is 26.0 Å². The number of hydrogen-bond donors (Lipinski definition) is 3. The third-order valence-corrected chi connectivity index (χ3v) is 15.3. The Morgan fingerprint density at radius 3 is 2.45 bits per heavy atom. The number of ether oxygens (including phenoxy) is 1. The van der Waals surface area contributed by atoms with Crippen molar-refractivity contribution in [3.8, 4) is 5.75 Å². The van der Waals surface area contributed by atoms with Crippen LogP contribution in [0.1, 0.15) is 87.2 Å².